The molecule has 0 aromatic carbocycles. The van der Waals surface area contributed by atoms with Crippen LogP contribution in [0.15, 0.2) is 23.5 Å². The maximum absolute atomic E-state index is 12.9. The smallest absolute Gasteiger partial charge is 0.262 e. The molecular formula is C16H18N4OS. The highest BCUT2D eigenvalue weighted by Crippen LogP contribution is 2.35. The minimum Gasteiger partial charge on any atom is -0.294 e. The van der Waals surface area contributed by atoms with Crippen molar-refractivity contribution in [2.75, 3.05) is 0 Å². The van der Waals surface area contributed by atoms with Gasteiger partial charge < -0.3 is 0 Å². The van der Waals surface area contributed by atoms with E-state index in [1.54, 1.807) is 33.1 Å². The monoisotopic (exact) mass is 314 g/mol. The molecule has 4 rings (SSSR count). The molecule has 6 heteroatoms. The molecule has 0 aliphatic heterocycles. The Morgan fingerprint density at radius 1 is 1.45 bits per heavy atom. The molecule has 3 aromatic heterocycles. The Labute approximate surface area is 132 Å². The Hall–Kier alpha value is -1.95. The van der Waals surface area contributed by atoms with Gasteiger partial charge in [0.25, 0.3) is 5.56 Å². The molecule has 0 amide bonds. The second-order valence-corrected chi connectivity index (χ2v) is 7.32. The molecule has 3 aromatic rings. The Kier molecular flexibility index (Phi) is 3.14. The van der Waals surface area contributed by atoms with Crippen LogP contribution in [0.2, 0.25) is 0 Å². The van der Waals surface area contributed by atoms with Gasteiger partial charge in [-0.1, -0.05) is 6.92 Å². The predicted molar refractivity (Wildman–Crippen MR) is 87.4 cm³/mol. The van der Waals surface area contributed by atoms with Crippen molar-refractivity contribution in [3.63, 3.8) is 0 Å². The Bertz CT molecular complexity index is 905. The number of fused-ring (bicyclic) bond motifs is 3. The molecule has 114 valence electrons. The fourth-order valence-corrected chi connectivity index (χ4v) is 4.57. The highest BCUT2D eigenvalue weighted by Gasteiger charge is 2.23. The van der Waals surface area contributed by atoms with Crippen LogP contribution in [0.25, 0.3) is 10.2 Å². The standard InChI is InChI=1S/C16H18N4OS/c1-10-3-4-12-13(5-10)22-15-14(12)16(21)20(9-17-15)8-11-6-18-19(2)7-11/h6-7,9-10H,3-5,8H2,1-2H3. The summed E-state index contributed by atoms with van der Waals surface area (Å²) in [6.45, 7) is 2.80. The normalized spacial score (nSPS) is 17.8. The van der Waals surface area contributed by atoms with Gasteiger partial charge in [0, 0.05) is 23.7 Å². The van der Waals surface area contributed by atoms with Crippen LogP contribution in [-0.2, 0) is 26.4 Å². The van der Waals surface area contributed by atoms with E-state index in [0.717, 1.165) is 35.0 Å². The van der Waals surface area contributed by atoms with E-state index in [0.29, 0.717) is 12.5 Å². The van der Waals surface area contributed by atoms with Gasteiger partial charge in [0.15, 0.2) is 0 Å². The van der Waals surface area contributed by atoms with E-state index in [4.69, 9.17) is 0 Å². The number of thiophene rings is 1. The van der Waals surface area contributed by atoms with Gasteiger partial charge in [-0.15, -0.1) is 11.3 Å². The molecule has 0 radical (unpaired) electrons. The van der Waals surface area contributed by atoms with Crippen molar-refractivity contribution >= 4 is 21.6 Å². The van der Waals surface area contributed by atoms with Crippen LogP contribution >= 0.6 is 11.3 Å². The third kappa shape index (κ3) is 2.18. The fraction of sp³-hybridized carbons (Fsp3) is 0.438. The average Bonchev–Trinajstić information content (AvgIpc) is 3.05. The first kappa shape index (κ1) is 13.7. The van der Waals surface area contributed by atoms with Gasteiger partial charge in [-0.3, -0.25) is 14.0 Å². The lowest BCUT2D eigenvalue weighted by atomic mass is 9.89. The summed E-state index contributed by atoms with van der Waals surface area (Å²) in [4.78, 5) is 19.6. The first-order valence-electron chi connectivity index (χ1n) is 7.59. The van der Waals surface area contributed by atoms with Crippen LogP contribution in [0.4, 0.5) is 0 Å². The molecule has 0 saturated heterocycles. The van der Waals surface area contributed by atoms with E-state index in [1.807, 2.05) is 13.2 Å². The number of hydrogen-bond donors (Lipinski definition) is 0. The SMILES string of the molecule is CC1CCc2c(sc3ncn(Cc4cnn(C)c4)c(=O)c23)C1. The zero-order valence-corrected chi connectivity index (χ0v) is 13.6. The number of hydrogen-bond acceptors (Lipinski definition) is 4. The van der Waals surface area contributed by atoms with Crippen LogP contribution < -0.4 is 5.56 Å². The van der Waals surface area contributed by atoms with Crippen molar-refractivity contribution < 1.29 is 0 Å². The number of nitrogens with zero attached hydrogens (tertiary/aromatic N) is 4. The van der Waals surface area contributed by atoms with Crippen LogP contribution in [0, 0.1) is 5.92 Å². The van der Waals surface area contributed by atoms with Crippen LogP contribution in [0.3, 0.4) is 0 Å². The number of aromatic nitrogens is 4. The van der Waals surface area contributed by atoms with E-state index in [1.165, 1.54) is 10.4 Å². The van der Waals surface area contributed by atoms with Gasteiger partial charge in [0.1, 0.15) is 4.83 Å². The first-order valence-corrected chi connectivity index (χ1v) is 8.40. The molecule has 1 aliphatic carbocycles. The third-order valence-electron chi connectivity index (χ3n) is 4.39. The van der Waals surface area contributed by atoms with E-state index >= 15 is 0 Å². The molecule has 1 atom stereocenters. The minimum absolute atomic E-state index is 0.0842. The second kappa shape index (κ2) is 5.05. The molecule has 1 aliphatic rings. The number of rotatable bonds is 2. The largest absolute Gasteiger partial charge is 0.294 e. The lowest BCUT2D eigenvalue weighted by Gasteiger charge is -2.17. The van der Waals surface area contributed by atoms with Crippen molar-refractivity contribution in [2.45, 2.75) is 32.7 Å². The lowest BCUT2D eigenvalue weighted by molar-refractivity contribution is 0.509. The van der Waals surface area contributed by atoms with E-state index < -0.39 is 0 Å². The molecule has 0 spiro atoms. The van der Waals surface area contributed by atoms with Gasteiger partial charge in [-0.25, -0.2) is 4.98 Å². The van der Waals surface area contributed by atoms with Gasteiger partial charge in [-0.2, -0.15) is 5.10 Å². The maximum Gasteiger partial charge on any atom is 0.262 e. The van der Waals surface area contributed by atoms with Gasteiger partial charge in [0.2, 0.25) is 0 Å². The highest BCUT2D eigenvalue weighted by molar-refractivity contribution is 7.18. The molecule has 22 heavy (non-hydrogen) atoms. The summed E-state index contributed by atoms with van der Waals surface area (Å²) in [5.74, 6) is 0.707. The summed E-state index contributed by atoms with van der Waals surface area (Å²) in [6.07, 6.45) is 8.64. The zero-order valence-electron chi connectivity index (χ0n) is 12.7. The van der Waals surface area contributed by atoms with Crippen LogP contribution in [-0.4, -0.2) is 19.3 Å². The molecule has 1 unspecified atom stereocenters. The average molecular weight is 314 g/mol. The Morgan fingerprint density at radius 2 is 2.32 bits per heavy atom. The first-order chi connectivity index (χ1) is 10.6. The Balaban J connectivity index is 1.81. The maximum atomic E-state index is 12.9. The van der Waals surface area contributed by atoms with E-state index in [9.17, 15) is 4.79 Å². The van der Waals surface area contributed by atoms with E-state index in [2.05, 4.69) is 17.0 Å². The summed E-state index contributed by atoms with van der Waals surface area (Å²) in [5.41, 5.74) is 2.35. The quantitative estimate of drug-likeness (QED) is 0.729. The van der Waals surface area contributed by atoms with Crippen molar-refractivity contribution in [3.8, 4) is 0 Å². The Morgan fingerprint density at radius 3 is 3.09 bits per heavy atom. The summed E-state index contributed by atoms with van der Waals surface area (Å²) >= 11 is 1.70. The van der Waals surface area contributed by atoms with Crippen molar-refractivity contribution in [1.82, 2.24) is 19.3 Å². The molecule has 5 nitrogen and oxygen atoms in total. The predicted octanol–water partition coefficient (Wildman–Crippen LogP) is 2.36. The summed E-state index contributed by atoms with van der Waals surface area (Å²) in [6, 6.07) is 0. The second-order valence-electron chi connectivity index (χ2n) is 6.23. The summed E-state index contributed by atoms with van der Waals surface area (Å²) in [5, 5.41) is 5.00. The number of aryl methyl sites for hydroxylation is 2. The van der Waals surface area contributed by atoms with Gasteiger partial charge >= 0.3 is 0 Å². The van der Waals surface area contributed by atoms with Gasteiger partial charge in [0.05, 0.1) is 24.5 Å². The van der Waals surface area contributed by atoms with Crippen molar-refractivity contribution in [2.24, 2.45) is 13.0 Å². The molecule has 0 bridgehead atoms. The summed E-state index contributed by atoms with van der Waals surface area (Å²) in [7, 11) is 1.88. The van der Waals surface area contributed by atoms with Crippen molar-refractivity contribution in [1.29, 1.82) is 0 Å². The molecule has 0 N–H and O–H groups in total. The summed E-state index contributed by atoms with van der Waals surface area (Å²) < 4.78 is 3.45. The van der Waals surface area contributed by atoms with Crippen LogP contribution in [0.5, 0.6) is 0 Å². The highest BCUT2D eigenvalue weighted by atomic mass is 32.1. The lowest BCUT2D eigenvalue weighted by Crippen LogP contribution is -2.22. The third-order valence-corrected chi connectivity index (χ3v) is 5.56. The minimum atomic E-state index is 0.0842. The molecule has 0 saturated carbocycles. The zero-order chi connectivity index (χ0) is 15.3. The fourth-order valence-electron chi connectivity index (χ4n) is 3.23. The van der Waals surface area contributed by atoms with Gasteiger partial charge in [-0.05, 0) is 30.7 Å². The topological polar surface area (TPSA) is 52.7 Å². The van der Waals surface area contributed by atoms with E-state index in [-0.39, 0.29) is 5.56 Å². The van der Waals surface area contributed by atoms with Crippen molar-refractivity contribution in [3.05, 3.63) is 45.1 Å². The molecule has 0 fully saturated rings. The molecule has 3 heterocycles. The molecular weight excluding hydrogens is 296 g/mol. The van der Waals surface area contributed by atoms with Crippen LogP contribution in [0.1, 0.15) is 29.3 Å².